The molecule has 1 aliphatic carbocycles. The molecule has 0 aromatic heterocycles. The van der Waals surface area contributed by atoms with Gasteiger partial charge in [0.15, 0.2) is 0 Å². The van der Waals surface area contributed by atoms with Crippen molar-refractivity contribution in [3.05, 3.63) is 99.5 Å². The van der Waals surface area contributed by atoms with Crippen LogP contribution in [-0.4, -0.2) is 50.0 Å². The molecule has 0 radical (unpaired) electrons. The van der Waals surface area contributed by atoms with E-state index < -0.39 is 16.1 Å². The molecule has 1 fully saturated rings. The number of amides is 2. The number of sulfonamides is 1. The highest BCUT2D eigenvalue weighted by molar-refractivity contribution is 9.10. The Morgan fingerprint density at radius 3 is 2.33 bits per heavy atom. The third-order valence-electron chi connectivity index (χ3n) is 7.46. The first-order valence-corrected chi connectivity index (χ1v) is 17.2. The van der Waals surface area contributed by atoms with Crippen LogP contribution in [0.5, 0.6) is 0 Å². The van der Waals surface area contributed by atoms with Crippen LogP contribution < -0.4 is 9.62 Å². The molecule has 3 aromatic carbocycles. The van der Waals surface area contributed by atoms with Gasteiger partial charge in [0.05, 0.1) is 11.9 Å². The van der Waals surface area contributed by atoms with Gasteiger partial charge in [-0.3, -0.25) is 13.9 Å². The third kappa shape index (κ3) is 9.31. The highest BCUT2D eigenvalue weighted by Gasteiger charge is 2.32. The number of benzene rings is 3. The topological polar surface area (TPSA) is 86.8 Å². The van der Waals surface area contributed by atoms with Crippen LogP contribution in [0, 0.1) is 0 Å². The van der Waals surface area contributed by atoms with Crippen molar-refractivity contribution < 1.29 is 18.0 Å². The Morgan fingerprint density at radius 2 is 1.67 bits per heavy atom. The standard InChI is InChI=1S/C32H37BrClN3O4S/c1-42(40,41)37(29-17-8-14-27(34)22-29)19-9-18-31(38)36(23-25-12-7-13-26(33)20-25)30(21-24-10-3-2-4-11-24)32(39)35-28-15-5-6-16-28/h2-4,7-8,10-14,17,20,22,28,30H,5-6,9,15-16,18-19,21,23H2,1H3,(H,35,39). The van der Waals surface area contributed by atoms with Crippen molar-refractivity contribution >= 4 is 55.1 Å². The van der Waals surface area contributed by atoms with Gasteiger partial charge in [-0.15, -0.1) is 0 Å². The molecular formula is C32H37BrClN3O4S. The summed E-state index contributed by atoms with van der Waals surface area (Å²) in [6, 6.07) is 23.4. The van der Waals surface area contributed by atoms with Gasteiger partial charge in [0.1, 0.15) is 6.04 Å². The minimum atomic E-state index is -3.61. The Morgan fingerprint density at radius 1 is 0.976 bits per heavy atom. The summed E-state index contributed by atoms with van der Waals surface area (Å²) in [5, 5.41) is 3.64. The number of rotatable bonds is 13. The monoisotopic (exact) mass is 673 g/mol. The minimum absolute atomic E-state index is 0.0720. The van der Waals surface area contributed by atoms with E-state index in [0.29, 0.717) is 17.1 Å². The Labute approximate surface area is 262 Å². The molecule has 0 heterocycles. The number of carbonyl (C=O) groups excluding carboxylic acids is 2. The van der Waals surface area contributed by atoms with Crippen molar-refractivity contribution in [1.82, 2.24) is 10.2 Å². The summed E-state index contributed by atoms with van der Waals surface area (Å²) in [6.07, 6.45) is 5.90. The average molecular weight is 675 g/mol. The van der Waals surface area contributed by atoms with Crippen molar-refractivity contribution in [3.8, 4) is 0 Å². The fourth-order valence-electron chi connectivity index (χ4n) is 5.39. The lowest BCUT2D eigenvalue weighted by molar-refractivity contribution is -0.141. The zero-order valence-corrected chi connectivity index (χ0v) is 26.9. The molecule has 4 rings (SSSR count). The largest absolute Gasteiger partial charge is 0.352 e. The Hall–Kier alpha value is -2.88. The van der Waals surface area contributed by atoms with Crippen molar-refractivity contribution in [2.45, 2.75) is 63.6 Å². The summed E-state index contributed by atoms with van der Waals surface area (Å²) in [5.41, 5.74) is 2.29. The molecule has 224 valence electrons. The van der Waals surface area contributed by atoms with Crippen molar-refractivity contribution in [3.63, 3.8) is 0 Å². The zero-order valence-electron chi connectivity index (χ0n) is 23.7. The second-order valence-corrected chi connectivity index (χ2v) is 14.0. The summed E-state index contributed by atoms with van der Waals surface area (Å²) in [7, 11) is -3.61. The number of carbonyl (C=O) groups is 2. The Bertz CT molecular complexity index is 1470. The maximum atomic E-state index is 14.0. The molecule has 3 aromatic rings. The number of halogens is 2. The van der Waals surface area contributed by atoms with Crippen LogP contribution in [0.3, 0.4) is 0 Å². The summed E-state index contributed by atoms with van der Waals surface area (Å²) in [5.74, 6) is -0.372. The van der Waals surface area contributed by atoms with Crippen LogP contribution in [0.4, 0.5) is 5.69 Å². The molecule has 1 N–H and O–H groups in total. The third-order valence-corrected chi connectivity index (χ3v) is 9.39. The van der Waals surface area contributed by atoms with Gasteiger partial charge in [-0.25, -0.2) is 8.42 Å². The molecule has 0 spiro atoms. The van der Waals surface area contributed by atoms with E-state index in [-0.39, 0.29) is 43.8 Å². The molecular weight excluding hydrogens is 638 g/mol. The molecule has 2 amide bonds. The first-order valence-electron chi connectivity index (χ1n) is 14.2. The molecule has 7 nitrogen and oxygen atoms in total. The highest BCUT2D eigenvalue weighted by Crippen LogP contribution is 2.24. The SMILES string of the molecule is CS(=O)(=O)N(CCCC(=O)N(Cc1cccc(Br)c1)C(Cc1ccccc1)C(=O)NC1CCCC1)c1cccc(Cl)c1. The molecule has 1 aliphatic rings. The number of nitrogens with zero attached hydrogens (tertiary/aromatic N) is 2. The molecule has 0 saturated heterocycles. The van der Waals surface area contributed by atoms with Gasteiger partial charge in [0, 0.05) is 41.5 Å². The van der Waals surface area contributed by atoms with E-state index in [0.717, 1.165) is 47.5 Å². The molecule has 10 heteroatoms. The second-order valence-electron chi connectivity index (χ2n) is 10.8. The first-order chi connectivity index (χ1) is 20.1. The van der Waals surface area contributed by atoms with E-state index in [1.165, 1.54) is 4.31 Å². The minimum Gasteiger partial charge on any atom is -0.352 e. The van der Waals surface area contributed by atoms with E-state index in [2.05, 4.69) is 21.2 Å². The normalized spacial score (nSPS) is 14.4. The Balaban J connectivity index is 1.59. The van der Waals surface area contributed by atoms with Gasteiger partial charge in [0.2, 0.25) is 21.8 Å². The predicted octanol–water partition coefficient (Wildman–Crippen LogP) is 6.35. The maximum Gasteiger partial charge on any atom is 0.243 e. The van der Waals surface area contributed by atoms with E-state index in [1.807, 2.05) is 54.6 Å². The van der Waals surface area contributed by atoms with Crippen molar-refractivity contribution in [2.24, 2.45) is 0 Å². The van der Waals surface area contributed by atoms with Gasteiger partial charge < -0.3 is 10.2 Å². The van der Waals surface area contributed by atoms with Crippen LogP contribution in [0.25, 0.3) is 0 Å². The van der Waals surface area contributed by atoms with Crippen LogP contribution in [-0.2, 0) is 32.6 Å². The van der Waals surface area contributed by atoms with Gasteiger partial charge in [-0.2, -0.15) is 0 Å². The Kier molecular flexibility index (Phi) is 11.5. The quantitative estimate of drug-likeness (QED) is 0.229. The predicted molar refractivity (Wildman–Crippen MR) is 172 cm³/mol. The van der Waals surface area contributed by atoms with E-state index >= 15 is 0 Å². The van der Waals surface area contributed by atoms with Gasteiger partial charge in [0.25, 0.3) is 0 Å². The second kappa shape index (κ2) is 15.0. The van der Waals surface area contributed by atoms with E-state index in [9.17, 15) is 18.0 Å². The van der Waals surface area contributed by atoms with Gasteiger partial charge in [-0.1, -0.05) is 88.9 Å². The lowest BCUT2D eigenvalue weighted by atomic mass is 10.0. The summed E-state index contributed by atoms with van der Waals surface area (Å²) >= 11 is 9.64. The summed E-state index contributed by atoms with van der Waals surface area (Å²) in [6.45, 7) is 0.352. The lowest BCUT2D eigenvalue weighted by Gasteiger charge is -2.33. The maximum absolute atomic E-state index is 14.0. The van der Waals surface area contributed by atoms with Crippen LogP contribution in [0.2, 0.25) is 5.02 Å². The van der Waals surface area contributed by atoms with Crippen LogP contribution >= 0.6 is 27.5 Å². The summed E-state index contributed by atoms with van der Waals surface area (Å²) in [4.78, 5) is 29.5. The van der Waals surface area contributed by atoms with Gasteiger partial charge in [-0.05, 0) is 60.7 Å². The molecule has 1 saturated carbocycles. The molecule has 0 bridgehead atoms. The summed E-state index contributed by atoms with van der Waals surface area (Å²) < 4.78 is 27.4. The molecule has 1 unspecified atom stereocenters. The smallest absolute Gasteiger partial charge is 0.243 e. The number of anilines is 1. The number of nitrogens with one attached hydrogen (secondary N) is 1. The van der Waals surface area contributed by atoms with Crippen molar-refractivity contribution in [1.29, 1.82) is 0 Å². The molecule has 0 aliphatic heterocycles. The first kappa shape index (κ1) is 32.0. The molecule has 42 heavy (non-hydrogen) atoms. The molecule has 1 atom stereocenters. The van der Waals surface area contributed by atoms with E-state index in [4.69, 9.17) is 11.6 Å². The fourth-order valence-corrected chi connectivity index (χ4v) is 6.98. The van der Waals surface area contributed by atoms with Crippen LogP contribution in [0.15, 0.2) is 83.3 Å². The van der Waals surface area contributed by atoms with E-state index in [1.54, 1.807) is 29.2 Å². The lowest BCUT2D eigenvalue weighted by Crippen LogP contribution is -2.52. The highest BCUT2D eigenvalue weighted by atomic mass is 79.9. The van der Waals surface area contributed by atoms with Gasteiger partial charge >= 0.3 is 0 Å². The number of hydrogen-bond acceptors (Lipinski definition) is 4. The zero-order chi connectivity index (χ0) is 30.1. The average Bonchev–Trinajstić information content (AvgIpc) is 3.46. The van der Waals surface area contributed by atoms with Crippen LogP contribution in [0.1, 0.15) is 49.7 Å². The number of hydrogen-bond donors (Lipinski definition) is 1. The fraction of sp³-hybridized carbons (Fsp3) is 0.375. The van der Waals surface area contributed by atoms with Crippen molar-refractivity contribution in [2.75, 3.05) is 17.1 Å².